The smallest absolute Gasteiger partial charge is 0.229 e. The standard InChI is InChI=1S/C16H19NO4/c1-2-21-13-9-7-12(8-10-13)14(18)11-17-15(19)5-3-4-6-16(17)20/h7-10H,2-6,11H2,1H3. The zero-order chi connectivity index (χ0) is 15.2. The number of amides is 2. The van der Waals surface area contributed by atoms with E-state index in [1.807, 2.05) is 6.92 Å². The molecule has 0 radical (unpaired) electrons. The van der Waals surface area contributed by atoms with Crippen molar-refractivity contribution in [2.24, 2.45) is 0 Å². The van der Waals surface area contributed by atoms with Crippen LogP contribution >= 0.6 is 0 Å². The van der Waals surface area contributed by atoms with Gasteiger partial charge in [-0.1, -0.05) is 0 Å². The van der Waals surface area contributed by atoms with E-state index in [0.717, 1.165) is 4.90 Å². The molecular formula is C16H19NO4. The number of benzene rings is 1. The molecule has 0 spiro atoms. The number of likely N-dealkylation sites (tertiary alicyclic amines) is 1. The topological polar surface area (TPSA) is 63.7 Å². The molecule has 5 heteroatoms. The van der Waals surface area contributed by atoms with Gasteiger partial charge in [-0.2, -0.15) is 0 Å². The number of hydrogen-bond acceptors (Lipinski definition) is 4. The number of imide groups is 1. The zero-order valence-electron chi connectivity index (χ0n) is 12.1. The molecule has 0 saturated carbocycles. The lowest BCUT2D eigenvalue weighted by atomic mass is 10.1. The van der Waals surface area contributed by atoms with Crippen LogP contribution in [-0.4, -0.2) is 35.6 Å². The minimum absolute atomic E-state index is 0.175. The third kappa shape index (κ3) is 3.90. The Balaban J connectivity index is 2.05. The third-order valence-corrected chi connectivity index (χ3v) is 3.42. The Labute approximate surface area is 123 Å². The van der Waals surface area contributed by atoms with Crippen LogP contribution in [0.2, 0.25) is 0 Å². The Kier molecular flexibility index (Phi) is 5.09. The Hall–Kier alpha value is -2.17. The molecule has 21 heavy (non-hydrogen) atoms. The van der Waals surface area contributed by atoms with Crippen molar-refractivity contribution in [1.82, 2.24) is 4.90 Å². The minimum Gasteiger partial charge on any atom is -0.494 e. The lowest BCUT2D eigenvalue weighted by Gasteiger charge is -2.17. The molecule has 1 aromatic carbocycles. The van der Waals surface area contributed by atoms with Crippen LogP contribution in [0.15, 0.2) is 24.3 Å². The summed E-state index contributed by atoms with van der Waals surface area (Å²) in [4.78, 5) is 37.0. The zero-order valence-corrected chi connectivity index (χ0v) is 12.1. The van der Waals surface area contributed by atoms with Gasteiger partial charge in [0.15, 0.2) is 5.78 Å². The Morgan fingerprint density at radius 2 is 1.67 bits per heavy atom. The van der Waals surface area contributed by atoms with E-state index >= 15 is 0 Å². The number of ketones is 1. The van der Waals surface area contributed by atoms with Gasteiger partial charge in [0.1, 0.15) is 5.75 Å². The van der Waals surface area contributed by atoms with Crippen molar-refractivity contribution in [2.45, 2.75) is 32.6 Å². The molecule has 0 unspecified atom stereocenters. The molecular weight excluding hydrogens is 270 g/mol. The Bertz CT molecular complexity index is 518. The van der Waals surface area contributed by atoms with Crippen molar-refractivity contribution in [3.8, 4) is 5.75 Å². The number of rotatable bonds is 5. The van der Waals surface area contributed by atoms with Crippen molar-refractivity contribution in [3.63, 3.8) is 0 Å². The van der Waals surface area contributed by atoms with Gasteiger partial charge in [0.25, 0.3) is 0 Å². The summed E-state index contributed by atoms with van der Waals surface area (Å²) in [6.45, 7) is 2.27. The molecule has 2 rings (SSSR count). The second kappa shape index (κ2) is 7.02. The maximum atomic E-state index is 12.2. The molecule has 0 aromatic heterocycles. The van der Waals surface area contributed by atoms with Crippen molar-refractivity contribution in [2.75, 3.05) is 13.2 Å². The normalized spacial score (nSPS) is 15.8. The van der Waals surface area contributed by atoms with Crippen LogP contribution in [0.5, 0.6) is 5.75 Å². The SMILES string of the molecule is CCOc1ccc(C(=O)CN2C(=O)CCCCC2=O)cc1. The molecule has 1 aliphatic rings. The largest absolute Gasteiger partial charge is 0.494 e. The monoisotopic (exact) mass is 289 g/mol. The Morgan fingerprint density at radius 1 is 1.10 bits per heavy atom. The lowest BCUT2D eigenvalue weighted by molar-refractivity contribution is -0.143. The van der Waals surface area contributed by atoms with Gasteiger partial charge < -0.3 is 4.74 Å². The summed E-state index contributed by atoms with van der Waals surface area (Å²) in [5.41, 5.74) is 0.475. The molecule has 1 aliphatic heterocycles. The van der Waals surface area contributed by atoms with Crippen molar-refractivity contribution in [3.05, 3.63) is 29.8 Å². The number of carbonyl (C=O) groups is 3. The van der Waals surface area contributed by atoms with Gasteiger partial charge >= 0.3 is 0 Å². The van der Waals surface area contributed by atoms with Crippen molar-refractivity contribution < 1.29 is 19.1 Å². The lowest BCUT2D eigenvalue weighted by Crippen LogP contribution is -2.39. The predicted molar refractivity (Wildman–Crippen MR) is 77.1 cm³/mol. The molecule has 0 N–H and O–H groups in total. The first-order chi connectivity index (χ1) is 10.1. The van der Waals surface area contributed by atoms with Gasteiger partial charge in [-0.25, -0.2) is 0 Å². The highest BCUT2D eigenvalue weighted by Crippen LogP contribution is 2.16. The van der Waals surface area contributed by atoms with E-state index in [-0.39, 0.29) is 24.1 Å². The second-order valence-corrected chi connectivity index (χ2v) is 4.96. The van der Waals surface area contributed by atoms with E-state index in [1.54, 1.807) is 24.3 Å². The molecule has 0 aliphatic carbocycles. The van der Waals surface area contributed by atoms with Crippen LogP contribution in [-0.2, 0) is 9.59 Å². The van der Waals surface area contributed by atoms with Crippen LogP contribution in [0, 0.1) is 0 Å². The van der Waals surface area contributed by atoms with Crippen molar-refractivity contribution >= 4 is 17.6 Å². The molecule has 1 aromatic rings. The fraction of sp³-hybridized carbons (Fsp3) is 0.438. The first-order valence-corrected chi connectivity index (χ1v) is 7.21. The minimum atomic E-state index is -0.253. The predicted octanol–water partition coefficient (Wildman–Crippen LogP) is 2.20. The maximum Gasteiger partial charge on any atom is 0.229 e. The molecule has 2 amide bonds. The molecule has 1 fully saturated rings. The number of Topliss-reactive ketones (excluding diaryl/α,β-unsaturated/α-hetero) is 1. The molecule has 1 saturated heterocycles. The van der Waals surface area contributed by atoms with Gasteiger partial charge in [0.2, 0.25) is 11.8 Å². The van der Waals surface area contributed by atoms with Crippen LogP contribution < -0.4 is 4.74 Å². The summed E-state index contributed by atoms with van der Waals surface area (Å²) in [6, 6.07) is 6.73. The van der Waals surface area contributed by atoms with E-state index in [0.29, 0.717) is 43.6 Å². The van der Waals surface area contributed by atoms with E-state index in [9.17, 15) is 14.4 Å². The van der Waals surface area contributed by atoms with Gasteiger partial charge in [0, 0.05) is 18.4 Å². The van der Waals surface area contributed by atoms with Crippen LogP contribution in [0.1, 0.15) is 43.0 Å². The van der Waals surface area contributed by atoms with Gasteiger partial charge in [-0.15, -0.1) is 0 Å². The number of carbonyl (C=O) groups excluding carboxylic acids is 3. The fourth-order valence-corrected chi connectivity index (χ4v) is 2.28. The van der Waals surface area contributed by atoms with Gasteiger partial charge in [0.05, 0.1) is 13.2 Å². The maximum absolute atomic E-state index is 12.2. The molecule has 5 nitrogen and oxygen atoms in total. The molecule has 1 heterocycles. The van der Waals surface area contributed by atoms with E-state index in [4.69, 9.17) is 4.74 Å². The summed E-state index contributed by atoms with van der Waals surface area (Å²) >= 11 is 0. The van der Waals surface area contributed by atoms with E-state index in [1.165, 1.54) is 0 Å². The van der Waals surface area contributed by atoms with Crippen molar-refractivity contribution in [1.29, 1.82) is 0 Å². The van der Waals surface area contributed by atoms with Crippen LogP contribution in [0.4, 0.5) is 0 Å². The fourth-order valence-electron chi connectivity index (χ4n) is 2.28. The highest BCUT2D eigenvalue weighted by Gasteiger charge is 2.26. The van der Waals surface area contributed by atoms with Crippen LogP contribution in [0.3, 0.4) is 0 Å². The summed E-state index contributed by atoms with van der Waals surface area (Å²) in [5.74, 6) is -0.0498. The first kappa shape index (κ1) is 15.2. The quantitative estimate of drug-likeness (QED) is 0.616. The third-order valence-electron chi connectivity index (χ3n) is 3.42. The number of nitrogens with zero attached hydrogens (tertiary/aromatic N) is 1. The number of ether oxygens (including phenoxy) is 1. The summed E-state index contributed by atoms with van der Waals surface area (Å²) in [6.07, 6.45) is 2.08. The molecule has 112 valence electrons. The average Bonchev–Trinajstić information content (AvgIpc) is 2.63. The first-order valence-electron chi connectivity index (χ1n) is 7.21. The molecule has 0 bridgehead atoms. The van der Waals surface area contributed by atoms with Gasteiger partial charge in [-0.05, 0) is 44.0 Å². The average molecular weight is 289 g/mol. The van der Waals surface area contributed by atoms with Gasteiger partial charge in [-0.3, -0.25) is 19.3 Å². The molecule has 0 atom stereocenters. The van der Waals surface area contributed by atoms with E-state index in [2.05, 4.69) is 0 Å². The Morgan fingerprint density at radius 3 is 2.19 bits per heavy atom. The second-order valence-electron chi connectivity index (χ2n) is 4.96. The summed E-state index contributed by atoms with van der Waals surface area (Å²) in [5, 5.41) is 0. The van der Waals surface area contributed by atoms with Crippen LogP contribution in [0.25, 0.3) is 0 Å². The number of hydrogen-bond donors (Lipinski definition) is 0. The summed E-state index contributed by atoms with van der Waals surface area (Å²) in [7, 11) is 0. The summed E-state index contributed by atoms with van der Waals surface area (Å²) < 4.78 is 5.31. The highest BCUT2D eigenvalue weighted by atomic mass is 16.5. The highest BCUT2D eigenvalue weighted by molar-refractivity contribution is 6.04. The van der Waals surface area contributed by atoms with E-state index < -0.39 is 0 Å².